The number of aromatic nitrogens is 2. The van der Waals surface area contributed by atoms with Gasteiger partial charge in [-0.05, 0) is 38.0 Å². The average molecular weight is 385 g/mol. The molecular weight excluding hydrogens is 366 g/mol. The Morgan fingerprint density at radius 2 is 2.22 bits per heavy atom. The number of hydrogen-bond donors (Lipinski definition) is 1. The van der Waals surface area contributed by atoms with Gasteiger partial charge in [-0.1, -0.05) is 17.3 Å². The largest absolute Gasteiger partial charge is 0.493 e. The molecule has 1 aliphatic heterocycles. The van der Waals surface area contributed by atoms with Crippen molar-refractivity contribution in [2.24, 2.45) is 0 Å². The van der Waals surface area contributed by atoms with Crippen LogP contribution in [0, 0.1) is 6.92 Å². The monoisotopic (exact) mass is 385 g/mol. The number of anilines is 1. The normalized spacial score (nSPS) is 13.3. The first-order valence-electron chi connectivity index (χ1n) is 8.73. The second kappa shape index (κ2) is 7.50. The number of ether oxygens (including phenoxy) is 2. The SMILES string of the molecule is CCOc1ccccc1C(=O)Nc1sc2c(c1-c1nc(C)no1)CCOC2. The molecular formula is C19H19N3O4S. The number of nitrogens with zero attached hydrogens (tertiary/aromatic N) is 2. The van der Waals surface area contributed by atoms with Crippen LogP contribution >= 0.6 is 11.3 Å². The van der Waals surface area contributed by atoms with Crippen molar-refractivity contribution in [3.05, 3.63) is 46.1 Å². The van der Waals surface area contributed by atoms with Crippen molar-refractivity contribution in [2.75, 3.05) is 18.5 Å². The molecule has 0 radical (unpaired) electrons. The molecule has 3 heterocycles. The summed E-state index contributed by atoms with van der Waals surface area (Å²) in [5.41, 5.74) is 2.37. The molecule has 1 N–H and O–H groups in total. The number of rotatable bonds is 5. The van der Waals surface area contributed by atoms with E-state index in [4.69, 9.17) is 14.0 Å². The van der Waals surface area contributed by atoms with E-state index in [9.17, 15) is 4.79 Å². The topological polar surface area (TPSA) is 86.5 Å². The highest BCUT2D eigenvalue weighted by molar-refractivity contribution is 7.17. The standard InChI is InChI=1S/C19H19N3O4S/c1-3-25-14-7-5-4-6-12(14)17(23)21-19-16(18-20-11(2)22-26-18)13-8-9-24-10-15(13)27-19/h4-7H,3,8-10H2,1-2H3,(H,21,23). The molecule has 1 aromatic carbocycles. The summed E-state index contributed by atoms with van der Waals surface area (Å²) < 4.78 is 16.5. The van der Waals surface area contributed by atoms with Gasteiger partial charge in [-0.25, -0.2) is 0 Å². The third kappa shape index (κ3) is 3.45. The van der Waals surface area contributed by atoms with E-state index >= 15 is 0 Å². The molecule has 27 heavy (non-hydrogen) atoms. The molecule has 2 aromatic heterocycles. The first-order valence-corrected chi connectivity index (χ1v) is 9.55. The maximum Gasteiger partial charge on any atom is 0.261 e. The fourth-order valence-corrected chi connectivity index (χ4v) is 4.22. The second-order valence-corrected chi connectivity index (χ2v) is 7.15. The lowest BCUT2D eigenvalue weighted by atomic mass is 10.1. The third-order valence-corrected chi connectivity index (χ3v) is 5.34. The lowest BCUT2D eigenvalue weighted by Crippen LogP contribution is -2.13. The molecule has 0 fully saturated rings. The fraction of sp³-hybridized carbons (Fsp3) is 0.316. The molecule has 0 atom stereocenters. The number of carbonyl (C=O) groups is 1. The Kier molecular flexibility index (Phi) is 4.91. The van der Waals surface area contributed by atoms with Crippen LogP contribution in [-0.4, -0.2) is 29.3 Å². The van der Waals surface area contributed by atoms with Gasteiger partial charge in [0.1, 0.15) is 10.8 Å². The maximum atomic E-state index is 12.9. The van der Waals surface area contributed by atoms with Gasteiger partial charge in [-0.3, -0.25) is 4.79 Å². The molecule has 0 aliphatic carbocycles. The Morgan fingerprint density at radius 3 is 3.00 bits per heavy atom. The predicted molar refractivity (Wildman–Crippen MR) is 101 cm³/mol. The van der Waals surface area contributed by atoms with E-state index in [-0.39, 0.29) is 5.91 Å². The van der Waals surface area contributed by atoms with Crippen LogP contribution in [0.25, 0.3) is 11.5 Å². The summed E-state index contributed by atoms with van der Waals surface area (Å²) >= 11 is 1.48. The number of para-hydroxylation sites is 1. The van der Waals surface area contributed by atoms with Gasteiger partial charge in [0, 0.05) is 4.88 Å². The molecule has 1 amide bonds. The van der Waals surface area contributed by atoms with E-state index in [1.807, 2.05) is 19.1 Å². The van der Waals surface area contributed by atoms with Crippen molar-refractivity contribution >= 4 is 22.2 Å². The average Bonchev–Trinajstić information content (AvgIpc) is 3.25. The lowest BCUT2D eigenvalue weighted by molar-refractivity contribution is 0.102. The van der Waals surface area contributed by atoms with E-state index in [0.29, 0.717) is 47.8 Å². The first-order chi connectivity index (χ1) is 13.2. The Balaban J connectivity index is 1.72. The minimum absolute atomic E-state index is 0.240. The van der Waals surface area contributed by atoms with Crippen molar-refractivity contribution in [3.8, 4) is 17.2 Å². The van der Waals surface area contributed by atoms with Crippen LogP contribution in [0.5, 0.6) is 5.75 Å². The van der Waals surface area contributed by atoms with Gasteiger partial charge in [0.15, 0.2) is 5.82 Å². The summed E-state index contributed by atoms with van der Waals surface area (Å²) in [4.78, 5) is 18.4. The van der Waals surface area contributed by atoms with Gasteiger partial charge < -0.3 is 19.3 Å². The number of hydrogen-bond acceptors (Lipinski definition) is 7. The Labute approximate surface area is 160 Å². The number of benzene rings is 1. The highest BCUT2D eigenvalue weighted by Crippen LogP contribution is 2.42. The highest BCUT2D eigenvalue weighted by atomic mass is 32.1. The number of amides is 1. The van der Waals surface area contributed by atoms with Crippen LogP contribution in [0.4, 0.5) is 5.00 Å². The van der Waals surface area contributed by atoms with Crippen molar-refractivity contribution in [2.45, 2.75) is 26.9 Å². The van der Waals surface area contributed by atoms with E-state index < -0.39 is 0 Å². The minimum atomic E-state index is -0.240. The highest BCUT2D eigenvalue weighted by Gasteiger charge is 2.27. The van der Waals surface area contributed by atoms with E-state index in [1.54, 1.807) is 19.1 Å². The van der Waals surface area contributed by atoms with Crippen molar-refractivity contribution < 1.29 is 18.8 Å². The Hall–Kier alpha value is -2.71. The second-order valence-electron chi connectivity index (χ2n) is 6.04. The van der Waals surface area contributed by atoms with Gasteiger partial charge in [-0.2, -0.15) is 4.98 Å². The lowest BCUT2D eigenvalue weighted by Gasteiger charge is -2.12. The summed E-state index contributed by atoms with van der Waals surface area (Å²) in [6.07, 6.45) is 0.744. The van der Waals surface area contributed by atoms with Crippen LogP contribution in [0.1, 0.15) is 33.5 Å². The summed E-state index contributed by atoms with van der Waals surface area (Å²) in [6.45, 7) is 5.29. The summed E-state index contributed by atoms with van der Waals surface area (Å²) in [7, 11) is 0. The zero-order valence-electron chi connectivity index (χ0n) is 15.1. The predicted octanol–water partition coefficient (Wildman–Crippen LogP) is 3.83. The van der Waals surface area contributed by atoms with Crippen LogP contribution in [0.15, 0.2) is 28.8 Å². The van der Waals surface area contributed by atoms with Crippen molar-refractivity contribution in [1.29, 1.82) is 0 Å². The van der Waals surface area contributed by atoms with Gasteiger partial charge >= 0.3 is 0 Å². The molecule has 0 saturated carbocycles. The summed E-state index contributed by atoms with van der Waals surface area (Å²) in [6, 6.07) is 7.18. The molecule has 140 valence electrons. The number of nitrogens with one attached hydrogen (secondary N) is 1. The smallest absolute Gasteiger partial charge is 0.261 e. The minimum Gasteiger partial charge on any atom is -0.493 e. The molecule has 8 heteroatoms. The van der Waals surface area contributed by atoms with Crippen LogP contribution in [0.3, 0.4) is 0 Å². The molecule has 3 aromatic rings. The van der Waals surface area contributed by atoms with Gasteiger partial charge in [0.05, 0.1) is 30.9 Å². The zero-order chi connectivity index (χ0) is 18.8. The molecule has 7 nitrogen and oxygen atoms in total. The summed E-state index contributed by atoms with van der Waals surface area (Å²) in [5.74, 6) is 1.28. The van der Waals surface area contributed by atoms with Crippen LogP contribution in [-0.2, 0) is 17.8 Å². The maximum absolute atomic E-state index is 12.9. The first kappa shape index (κ1) is 17.7. The fourth-order valence-electron chi connectivity index (χ4n) is 3.05. The van der Waals surface area contributed by atoms with Gasteiger partial charge in [0.25, 0.3) is 11.8 Å². The third-order valence-electron chi connectivity index (χ3n) is 4.22. The number of thiophene rings is 1. The molecule has 0 saturated heterocycles. The number of carbonyl (C=O) groups excluding carboxylic acids is 1. The van der Waals surface area contributed by atoms with Crippen LogP contribution in [0.2, 0.25) is 0 Å². The van der Waals surface area contributed by atoms with E-state index in [0.717, 1.165) is 22.4 Å². The van der Waals surface area contributed by atoms with Crippen LogP contribution < -0.4 is 10.1 Å². The van der Waals surface area contributed by atoms with Crippen molar-refractivity contribution in [3.63, 3.8) is 0 Å². The van der Waals surface area contributed by atoms with Gasteiger partial charge in [0.2, 0.25) is 0 Å². The van der Waals surface area contributed by atoms with Crippen molar-refractivity contribution in [1.82, 2.24) is 10.1 Å². The molecule has 0 unspecified atom stereocenters. The molecule has 1 aliphatic rings. The Bertz CT molecular complexity index is 979. The molecule has 0 spiro atoms. The van der Waals surface area contributed by atoms with E-state index in [2.05, 4.69) is 15.5 Å². The molecule has 4 rings (SSSR count). The summed E-state index contributed by atoms with van der Waals surface area (Å²) in [5, 5.41) is 7.59. The molecule has 0 bridgehead atoms. The quantitative estimate of drug-likeness (QED) is 0.718. The van der Waals surface area contributed by atoms with E-state index in [1.165, 1.54) is 11.3 Å². The van der Waals surface area contributed by atoms with Gasteiger partial charge in [-0.15, -0.1) is 11.3 Å². The number of aryl methyl sites for hydroxylation is 1. The zero-order valence-corrected chi connectivity index (χ0v) is 15.9. The number of fused-ring (bicyclic) bond motifs is 1. The Morgan fingerprint density at radius 1 is 1.37 bits per heavy atom.